The third-order valence-electron chi connectivity index (χ3n) is 2.69. The van der Waals surface area contributed by atoms with Crippen molar-refractivity contribution >= 4 is 34.8 Å². The van der Waals surface area contributed by atoms with Crippen molar-refractivity contribution in [2.24, 2.45) is 0 Å². The highest BCUT2D eigenvalue weighted by molar-refractivity contribution is 6.36. The Labute approximate surface area is 122 Å². The molecule has 0 fully saturated rings. The summed E-state index contributed by atoms with van der Waals surface area (Å²) in [6.07, 6.45) is 1.13. The Morgan fingerprint density at radius 2 is 1.79 bits per heavy atom. The fourth-order valence-electron chi connectivity index (χ4n) is 1.71. The molecule has 1 amide bonds. The van der Waals surface area contributed by atoms with E-state index in [1.807, 2.05) is 30.3 Å². The molecule has 0 spiro atoms. The van der Waals surface area contributed by atoms with Crippen LogP contribution in [-0.4, -0.2) is 5.91 Å². The minimum Gasteiger partial charge on any atom is -0.325 e. The van der Waals surface area contributed by atoms with Crippen LogP contribution in [0.5, 0.6) is 0 Å². The lowest BCUT2D eigenvalue weighted by Crippen LogP contribution is -2.12. The van der Waals surface area contributed by atoms with Gasteiger partial charge in [-0.25, -0.2) is 0 Å². The van der Waals surface area contributed by atoms with Crippen LogP contribution in [0.1, 0.15) is 12.0 Å². The van der Waals surface area contributed by atoms with Crippen LogP contribution in [0.2, 0.25) is 10.0 Å². The van der Waals surface area contributed by atoms with Gasteiger partial charge in [0.25, 0.3) is 0 Å². The molecular formula is C15H13Cl2NO. The molecular weight excluding hydrogens is 281 g/mol. The zero-order chi connectivity index (χ0) is 13.7. The number of hydrogen-bond acceptors (Lipinski definition) is 1. The van der Waals surface area contributed by atoms with Crippen molar-refractivity contribution < 1.29 is 4.79 Å². The minimum atomic E-state index is -0.0620. The van der Waals surface area contributed by atoms with E-state index >= 15 is 0 Å². The second kappa shape index (κ2) is 6.60. The van der Waals surface area contributed by atoms with Gasteiger partial charge >= 0.3 is 0 Å². The van der Waals surface area contributed by atoms with Crippen LogP contribution in [-0.2, 0) is 11.2 Å². The van der Waals surface area contributed by atoms with Crippen molar-refractivity contribution in [1.82, 2.24) is 0 Å². The van der Waals surface area contributed by atoms with Crippen LogP contribution in [0, 0.1) is 0 Å². The first-order chi connectivity index (χ1) is 9.15. The molecule has 0 heterocycles. The quantitative estimate of drug-likeness (QED) is 0.879. The van der Waals surface area contributed by atoms with Gasteiger partial charge in [-0.15, -0.1) is 0 Å². The summed E-state index contributed by atoms with van der Waals surface area (Å²) in [5.41, 5.74) is 1.73. The van der Waals surface area contributed by atoms with E-state index in [0.717, 1.165) is 5.56 Å². The number of aryl methyl sites for hydroxylation is 1. The summed E-state index contributed by atoms with van der Waals surface area (Å²) < 4.78 is 0. The Kier molecular flexibility index (Phi) is 4.83. The van der Waals surface area contributed by atoms with Gasteiger partial charge in [0.05, 0.1) is 10.7 Å². The number of carbonyl (C=O) groups excluding carboxylic acids is 1. The Hall–Kier alpha value is -1.51. The first-order valence-electron chi connectivity index (χ1n) is 5.94. The van der Waals surface area contributed by atoms with Crippen molar-refractivity contribution in [1.29, 1.82) is 0 Å². The molecule has 0 unspecified atom stereocenters. The third-order valence-corrected chi connectivity index (χ3v) is 3.24. The minimum absolute atomic E-state index is 0.0620. The van der Waals surface area contributed by atoms with E-state index in [4.69, 9.17) is 23.2 Å². The number of benzene rings is 2. The molecule has 1 N–H and O–H groups in total. The first-order valence-corrected chi connectivity index (χ1v) is 6.69. The van der Waals surface area contributed by atoms with Crippen molar-refractivity contribution in [3.8, 4) is 0 Å². The van der Waals surface area contributed by atoms with E-state index in [2.05, 4.69) is 5.32 Å². The van der Waals surface area contributed by atoms with Crippen LogP contribution in [0.4, 0.5) is 5.69 Å². The molecule has 19 heavy (non-hydrogen) atoms. The predicted octanol–water partition coefficient (Wildman–Crippen LogP) is 4.56. The number of hydrogen-bond donors (Lipinski definition) is 1. The molecule has 2 rings (SSSR count). The molecule has 0 aliphatic heterocycles. The summed E-state index contributed by atoms with van der Waals surface area (Å²) in [5.74, 6) is -0.0620. The van der Waals surface area contributed by atoms with E-state index in [-0.39, 0.29) is 5.91 Å². The largest absolute Gasteiger partial charge is 0.325 e. The second-order valence-corrected chi connectivity index (χ2v) is 5.00. The summed E-state index contributed by atoms with van der Waals surface area (Å²) in [4.78, 5) is 11.8. The van der Waals surface area contributed by atoms with Crippen molar-refractivity contribution in [2.45, 2.75) is 12.8 Å². The van der Waals surface area contributed by atoms with Crippen LogP contribution >= 0.6 is 23.2 Å². The zero-order valence-corrected chi connectivity index (χ0v) is 11.7. The first kappa shape index (κ1) is 13.9. The standard InChI is InChI=1S/C15H13Cl2NO/c16-12-7-8-14(13(17)10-12)18-15(19)9-6-11-4-2-1-3-5-11/h1-5,7-8,10H,6,9H2,(H,18,19). The lowest BCUT2D eigenvalue weighted by atomic mass is 10.1. The molecule has 2 aromatic carbocycles. The molecule has 0 radical (unpaired) electrons. The molecule has 0 bridgehead atoms. The molecule has 98 valence electrons. The van der Waals surface area contributed by atoms with Gasteiger partial charge in [0.2, 0.25) is 5.91 Å². The van der Waals surface area contributed by atoms with Crippen LogP contribution in [0.15, 0.2) is 48.5 Å². The average Bonchev–Trinajstić information content (AvgIpc) is 2.41. The molecule has 4 heteroatoms. The Bertz CT molecular complexity index is 570. The van der Waals surface area contributed by atoms with E-state index in [1.54, 1.807) is 18.2 Å². The van der Waals surface area contributed by atoms with E-state index in [1.165, 1.54) is 0 Å². The van der Waals surface area contributed by atoms with Gasteiger partial charge in [0.1, 0.15) is 0 Å². The molecule has 0 aromatic heterocycles. The third kappa shape index (κ3) is 4.27. The number of rotatable bonds is 4. The number of halogens is 2. The van der Waals surface area contributed by atoms with E-state index < -0.39 is 0 Å². The van der Waals surface area contributed by atoms with Gasteiger partial charge in [-0.05, 0) is 30.2 Å². The normalized spacial score (nSPS) is 10.2. The van der Waals surface area contributed by atoms with Crippen LogP contribution in [0.25, 0.3) is 0 Å². The lowest BCUT2D eigenvalue weighted by Gasteiger charge is -2.07. The number of anilines is 1. The Morgan fingerprint density at radius 3 is 2.47 bits per heavy atom. The molecule has 0 saturated heterocycles. The van der Waals surface area contributed by atoms with Gasteiger partial charge in [-0.3, -0.25) is 4.79 Å². The molecule has 0 atom stereocenters. The van der Waals surface area contributed by atoms with Crippen molar-refractivity contribution in [2.75, 3.05) is 5.32 Å². The highest BCUT2D eigenvalue weighted by atomic mass is 35.5. The summed E-state index contributed by atoms with van der Waals surface area (Å²) in [5, 5.41) is 3.77. The van der Waals surface area contributed by atoms with Crippen LogP contribution < -0.4 is 5.32 Å². The van der Waals surface area contributed by atoms with Gasteiger partial charge < -0.3 is 5.32 Å². The molecule has 0 saturated carbocycles. The van der Waals surface area contributed by atoms with Crippen molar-refractivity contribution in [3.05, 3.63) is 64.1 Å². The second-order valence-electron chi connectivity index (χ2n) is 4.16. The summed E-state index contributed by atoms with van der Waals surface area (Å²) in [7, 11) is 0. The van der Waals surface area contributed by atoms with E-state index in [0.29, 0.717) is 28.6 Å². The summed E-state index contributed by atoms with van der Waals surface area (Å²) >= 11 is 11.8. The number of amides is 1. The number of nitrogens with one attached hydrogen (secondary N) is 1. The highest BCUT2D eigenvalue weighted by Crippen LogP contribution is 2.25. The fraction of sp³-hybridized carbons (Fsp3) is 0.133. The van der Waals surface area contributed by atoms with Gasteiger partial charge in [0, 0.05) is 11.4 Å². The van der Waals surface area contributed by atoms with Gasteiger partial charge in [-0.2, -0.15) is 0 Å². The van der Waals surface area contributed by atoms with Gasteiger partial charge in [-0.1, -0.05) is 53.5 Å². The van der Waals surface area contributed by atoms with Crippen molar-refractivity contribution in [3.63, 3.8) is 0 Å². The summed E-state index contributed by atoms with van der Waals surface area (Å²) in [6.45, 7) is 0. The maximum atomic E-state index is 11.8. The molecule has 2 aromatic rings. The highest BCUT2D eigenvalue weighted by Gasteiger charge is 2.06. The molecule has 0 aliphatic carbocycles. The predicted molar refractivity (Wildman–Crippen MR) is 79.9 cm³/mol. The Balaban J connectivity index is 1.91. The maximum absolute atomic E-state index is 11.8. The molecule has 0 aliphatic rings. The fourth-order valence-corrected chi connectivity index (χ4v) is 2.16. The zero-order valence-electron chi connectivity index (χ0n) is 10.2. The summed E-state index contributed by atoms with van der Waals surface area (Å²) in [6, 6.07) is 14.9. The smallest absolute Gasteiger partial charge is 0.224 e. The van der Waals surface area contributed by atoms with E-state index in [9.17, 15) is 4.79 Å². The SMILES string of the molecule is O=C(CCc1ccccc1)Nc1ccc(Cl)cc1Cl. The van der Waals surface area contributed by atoms with Gasteiger partial charge in [0.15, 0.2) is 0 Å². The average molecular weight is 294 g/mol. The maximum Gasteiger partial charge on any atom is 0.224 e. The lowest BCUT2D eigenvalue weighted by molar-refractivity contribution is -0.116. The molecule has 2 nitrogen and oxygen atoms in total. The number of carbonyl (C=O) groups is 1. The monoisotopic (exact) mass is 293 g/mol. The topological polar surface area (TPSA) is 29.1 Å². The van der Waals surface area contributed by atoms with Crippen LogP contribution in [0.3, 0.4) is 0 Å². The Morgan fingerprint density at radius 1 is 1.05 bits per heavy atom.